The molecule has 25 heavy (non-hydrogen) atoms. The van der Waals surface area contributed by atoms with Crippen LogP contribution in [0.3, 0.4) is 0 Å². The average molecular weight is 352 g/mol. The van der Waals surface area contributed by atoms with E-state index in [-0.39, 0.29) is 11.2 Å². The highest BCUT2D eigenvalue weighted by Gasteiger charge is 2.22. The molecule has 3 rings (SSSR count). The van der Waals surface area contributed by atoms with E-state index in [0.29, 0.717) is 5.22 Å². The summed E-state index contributed by atoms with van der Waals surface area (Å²) < 4.78 is 6.04. The van der Waals surface area contributed by atoms with Crippen molar-refractivity contribution in [1.29, 1.82) is 0 Å². The molecule has 0 aliphatic rings. The predicted octanol–water partition coefficient (Wildman–Crippen LogP) is 4.58. The van der Waals surface area contributed by atoms with Gasteiger partial charge in [0, 0.05) is 25.2 Å². The fraction of sp³-hybridized carbons (Fsp3) is 0.200. The third-order valence-corrected chi connectivity index (χ3v) is 4.69. The van der Waals surface area contributed by atoms with E-state index < -0.39 is 0 Å². The summed E-state index contributed by atoms with van der Waals surface area (Å²) >= 11 is 1.34. The van der Waals surface area contributed by atoms with Crippen LogP contribution >= 0.6 is 11.8 Å². The molecule has 0 unspecified atom stereocenters. The number of carbonyl (C=O) groups is 1. The second-order valence-corrected chi connectivity index (χ2v) is 7.17. The van der Waals surface area contributed by atoms with Crippen LogP contribution in [-0.4, -0.2) is 35.1 Å². The Morgan fingerprint density at radius 3 is 2.12 bits per heavy atom. The minimum absolute atomic E-state index is 0.0331. The van der Waals surface area contributed by atoms with Crippen molar-refractivity contribution in [2.75, 3.05) is 14.1 Å². The molecule has 1 heterocycles. The molecule has 2 aromatic carbocycles. The number of thioether (sulfide) groups is 1. The number of nitrogens with zero attached hydrogens (tertiary/aromatic N) is 2. The minimum atomic E-state index is -0.263. The molecule has 1 aromatic heterocycles. The number of hydrogen-bond donors (Lipinski definition) is 0. The highest BCUT2D eigenvalue weighted by atomic mass is 32.2. The van der Waals surface area contributed by atoms with Crippen LogP contribution < -0.4 is 0 Å². The van der Waals surface area contributed by atoms with Crippen LogP contribution in [0, 0.1) is 0 Å². The lowest BCUT2D eigenvalue weighted by atomic mass is 10.1. The van der Waals surface area contributed by atoms with Crippen molar-refractivity contribution in [1.82, 2.24) is 9.88 Å². The molecule has 1 atom stereocenters. The largest absolute Gasteiger partial charge is 0.431 e. The summed E-state index contributed by atoms with van der Waals surface area (Å²) in [6.07, 6.45) is 0. The Morgan fingerprint density at radius 1 is 1.00 bits per heavy atom. The molecule has 0 saturated carbocycles. The molecule has 4 nitrogen and oxygen atoms in total. The highest BCUT2D eigenvalue weighted by Crippen LogP contribution is 2.36. The molecule has 0 bridgehead atoms. The standard InChI is InChI=1S/C20H20N2O2S/c1-14(19(23)22(2)3)25-20-21-17(15-10-6-4-7-11-15)18(24-20)16-12-8-5-9-13-16/h4-14H,1-3H3/t14-/m1/s1. The van der Waals surface area contributed by atoms with Gasteiger partial charge in [-0.25, -0.2) is 4.98 Å². The van der Waals surface area contributed by atoms with Crippen LogP contribution in [0.5, 0.6) is 0 Å². The van der Waals surface area contributed by atoms with Gasteiger partial charge in [-0.1, -0.05) is 72.4 Å². The number of rotatable bonds is 5. The van der Waals surface area contributed by atoms with Gasteiger partial charge in [0.1, 0.15) is 5.69 Å². The van der Waals surface area contributed by atoms with E-state index in [1.807, 2.05) is 67.6 Å². The van der Waals surface area contributed by atoms with E-state index in [0.717, 1.165) is 22.6 Å². The molecule has 0 saturated heterocycles. The Balaban J connectivity index is 1.99. The Bertz CT molecular complexity index is 788. The number of aromatic nitrogens is 1. The highest BCUT2D eigenvalue weighted by molar-refractivity contribution is 8.00. The zero-order valence-corrected chi connectivity index (χ0v) is 15.3. The molecule has 0 fully saturated rings. The van der Waals surface area contributed by atoms with E-state index >= 15 is 0 Å². The average Bonchev–Trinajstić information content (AvgIpc) is 3.06. The van der Waals surface area contributed by atoms with Gasteiger partial charge >= 0.3 is 0 Å². The summed E-state index contributed by atoms with van der Waals surface area (Å²) in [5, 5.41) is 0.237. The molecule has 0 aliphatic heterocycles. The molecule has 3 aromatic rings. The number of carbonyl (C=O) groups excluding carboxylic acids is 1. The maximum absolute atomic E-state index is 12.1. The first kappa shape index (κ1) is 17.3. The first-order chi connectivity index (χ1) is 12.1. The quantitative estimate of drug-likeness (QED) is 0.631. The van der Waals surface area contributed by atoms with E-state index in [1.165, 1.54) is 11.8 Å². The molecule has 0 N–H and O–H groups in total. The molecule has 0 radical (unpaired) electrons. The molecular formula is C20H20N2O2S. The summed E-state index contributed by atoms with van der Waals surface area (Å²) in [4.78, 5) is 18.4. The number of amides is 1. The van der Waals surface area contributed by atoms with Gasteiger partial charge in [0.2, 0.25) is 5.91 Å². The van der Waals surface area contributed by atoms with Crippen molar-refractivity contribution in [2.45, 2.75) is 17.4 Å². The molecular weight excluding hydrogens is 332 g/mol. The SMILES string of the molecule is C[C@@H](Sc1nc(-c2ccccc2)c(-c2ccccc2)o1)C(=O)N(C)C. The first-order valence-electron chi connectivity index (χ1n) is 8.05. The number of hydrogen-bond acceptors (Lipinski definition) is 4. The predicted molar refractivity (Wildman–Crippen MR) is 101 cm³/mol. The van der Waals surface area contributed by atoms with Crippen LogP contribution in [0.2, 0.25) is 0 Å². The van der Waals surface area contributed by atoms with E-state index in [1.54, 1.807) is 19.0 Å². The fourth-order valence-corrected chi connectivity index (χ4v) is 3.38. The van der Waals surface area contributed by atoms with Crippen molar-refractivity contribution >= 4 is 17.7 Å². The van der Waals surface area contributed by atoms with Gasteiger partial charge in [-0.15, -0.1) is 0 Å². The molecule has 128 valence electrons. The van der Waals surface area contributed by atoms with E-state index in [4.69, 9.17) is 4.42 Å². The van der Waals surface area contributed by atoms with Crippen LogP contribution in [0.15, 0.2) is 70.3 Å². The number of oxazole rings is 1. The topological polar surface area (TPSA) is 46.3 Å². The lowest BCUT2D eigenvalue weighted by Crippen LogP contribution is -2.29. The molecule has 0 spiro atoms. The summed E-state index contributed by atoms with van der Waals surface area (Å²) in [7, 11) is 3.50. The maximum atomic E-state index is 12.1. The number of benzene rings is 2. The molecule has 0 aliphatic carbocycles. The van der Waals surface area contributed by atoms with Crippen LogP contribution in [0.1, 0.15) is 6.92 Å². The summed E-state index contributed by atoms with van der Waals surface area (Å²) in [5.41, 5.74) is 2.75. The van der Waals surface area contributed by atoms with Gasteiger partial charge in [0.15, 0.2) is 5.76 Å². The van der Waals surface area contributed by atoms with Crippen LogP contribution in [0.25, 0.3) is 22.6 Å². The van der Waals surface area contributed by atoms with E-state index in [9.17, 15) is 4.79 Å². The molecule has 1 amide bonds. The second-order valence-electron chi connectivity index (χ2n) is 5.88. The second kappa shape index (κ2) is 7.57. The van der Waals surface area contributed by atoms with Crippen molar-refractivity contribution < 1.29 is 9.21 Å². The summed E-state index contributed by atoms with van der Waals surface area (Å²) in [6.45, 7) is 1.86. The van der Waals surface area contributed by atoms with Gasteiger partial charge < -0.3 is 9.32 Å². The van der Waals surface area contributed by atoms with Crippen molar-refractivity contribution in [3.63, 3.8) is 0 Å². The smallest absolute Gasteiger partial charge is 0.257 e. The monoisotopic (exact) mass is 352 g/mol. The Hall–Kier alpha value is -2.53. The lowest BCUT2D eigenvalue weighted by molar-refractivity contribution is -0.127. The maximum Gasteiger partial charge on any atom is 0.257 e. The van der Waals surface area contributed by atoms with Crippen molar-refractivity contribution in [3.05, 3.63) is 60.7 Å². The third-order valence-electron chi connectivity index (χ3n) is 3.76. The third kappa shape index (κ3) is 3.94. The minimum Gasteiger partial charge on any atom is -0.431 e. The van der Waals surface area contributed by atoms with Gasteiger partial charge in [0.25, 0.3) is 5.22 Å². The zero-order chi connectivity index (χ0) is 17.8. The summed E-state index contributed by atoms with van der Waals surface area (Å²) in [5.74, 6) is 0.754. The van der Waals surface area contributed by atoms with Gasteiger partial charge in [-0.05, 0) is 6.92 Å². The first-order valence-corrected chi connectivity index (χ1v) is 8.93. The normalized spacial score (nSPS) is 12.0. The zero-order valence-electron chi connectivity index (χ0n) is 14.5. The van der Waals surface area contributed by atoms with Crippen molar-refractivity contribution in [3.8, 4) is 22.6 Å². The molecule has 5 heteroatoms. The fourth-order valence-electron chi connectivity index (χ4n) is 2.49. The van der Waals surface area contributed by atoms with Crippen LogP contribution in [0.4, 0.5) is 0 Å². The summed E-state index contributed by atoms with van der Waals surface area (Å²) in [6, 6.07) is 19.8. The van der Waals surface area contributed by atoms with Gasteiger partial charge in [-0.2, -0.15) is 0 Å². The van der Waals surface area contributed by atoms with Gasteiger partial charge in [0.05, 0.1) is 5.25 Å². The van der Waals surface area contributed by atoms with Crippen molar-refractivity contribution in [2.24, 2.45) is 0 Å². The Labute approximate surface area is 151 Å². The Morgan fingerprint density at radius 2 is 1.56 bits per heavy atom. The van der Waals surface area contributed by atoms with E-state index in [2.05, 4.69) is 4.98 Å². The Kier molecular flexibility index (Phi) is 5.24. The van der Waals surface area contributed by atoms with Gasteiger partial charge in [-0.3, -0.25) is 4.79 Å². The van der Waals surface area contributed by atoms with Crippen LogP contribution in [-0.2, 0) is 4.79 Å². The lowest BCUT2D eigenvalue weighted by Gasteiger charge is -2.14.